The van der Waals surface area contributed by atoms with Gasteiger partial charge in [-0.2, -0.15) is 0 Å². The van der Waals surface area contributed by atoms with Crippen LogP contribution in [0.15, 0.2) is 85.2 Å². The van der Waals surface area contributed by atoms with E-state index in [-0.39, 0.29) is 25.2 Å². The van der Waals surface area contributed by atoms with E-state index >= 15 is 0 Å². The number of nitrogens with one attached hydrogen (secondary N) is 1. The normalized spacial score (nSPS) is 18.9. The van der Waals surface area contributed by atoms with Crippen molar-refractivity contribution in [2.75, 3.05) is 38.8 Å². The number of methoxy groups -OCH3 is 2. The number of piperidine rings is 3. The second-order valence-electron chi connectivity index (χ2n) is 12.0. The molecule has 0 unspecified atom stereocenters. The number of esters is 1. The number of anilines is 1. The van der Waals surface area contributed by atoms with Crippen LogP contribution < -0.4 is 19.4 Å². The third-order valence-corrected chi connectivity index (χ3v) is 9.76. The van der Waals surface area contributed by atoms with Crippen molar-refractivity contribution in [3.8, 4) is 11.5 Å². The van der Waals surface area contributed by atoms with Gasteiger partial charge in [0.15, 0.2) is 23.9 Å². The predicted octanol–water partition coefficient (Wildman–Crippen LogP) is 7.20. The molecule has 2 bridgehead atoms. The molecule has 3 fully saturated rings. The highest BCUT2D eigenvalue weighted by Gasteiger charge is 2.37. The van der Waals surface area contributed by atoms with Gasteiger partial charge in [-0.05, 0) is 79.4 Å². The number of fused-ring (bicyclic) bond motifs is 3. The van der Waals surface area contributed by atoms with Crippen LogP contribution in [0.1, 0.15) is 46.0 Å². The van der Waals surface area contributed by atoms with E-state index in [0.717, 1.165) is 43.7 Å². The Bertz CT molecular complexity index is 1710. The minimum atomic E-state index is -0.746. The molecule has 0 aliphatic carbocycles. The summed E-state index contributed by atoms with van der Waals surface area (Å²) >= 11 is 13.0. The highest BCUT2D eigenvalue weighted by molar-refractivity contribution is 6.35. The lowest BCUT2D eigenvalue weighted by molar-refractivity contribution is -0.377. The Morgan fingerprint density at radius 2 is 1.60 bits per heavy atom. The number of amides is 1. The SMILES string of the molecule is COc1ccc([C@H](Cc2c(Cl)c[nH+]cc2Cl)OC(=O)c2ccc(CN(C(=O)O[C@H]3CN4CCC3CC4)c3ccccc3)cc2)cc1OC. The average molecular weight is 692 g/mol. The molecule has 3 aliphatic heterocycles. The topological polar surface area (TPSA) is 91.7 Å². The van der Waals surface area contributed by atoms with Gasteiger partial charge in [0, 0.05) is 24.2 Å². The maximum Gasteiger partial charge on any atom is 0.414 e. The van der Waals surface area contributed by atoms with Crippen LogP contribution >= 0.6 is 23.2 Å². The molecule has 4 heterocycles. The summed E-state index contributed by atoms with van der Waals surface area (Å²) in [5.74, 6) is 0.910. The number of nitrogens with zero attached hydrogens (tertiary/aromatic N) is 2. The number of pyridine rings is 1. The lowest BCUT2D eigenvalue weighted by Crippen LogP contribution is -2.53. The molecule has 250 valence electrons. The number of ether oxygens (including phenoxy) is 4. The Morgan fingerprint density at radius 1 is 0.917 bits per heavy atom. The van der Waals surface area contributed by atoms with Gasteiger partial charge in [-0.25, -0.2) is 14.6 Å². The summed E-state index contributed by atoms with van der Waals surface area (Å²) in [7, 11) is 3.10. The zero-order chi connectivity index (χ0) is 33.6. The second-order valence-corrected chi connectivity index (χ2v) is 12.8. The van der Waals surface area contributed by atoms with E-state index in [4.69, 9.17) is 42.1 Å². The quantitative estimate of drug-likeness (QED) is 0.154. The zero-order valence-electron chi connectivity index (χ0n) is 26.9. The molecular formula is C37H38Cl2N3O6+. The van der Waals surface area contributed by atoms with Crippen molar-refractivity contribution in [3.05, 3.63) is 117 Å². The van der Waals surface area contributed by atoms with Crippen molar-refractivity contribution >= 4 is 41.0 Å². The van der Waals surface area contributed by atoms with Crippen LogP contribution in [0.25, 0.3) is 0 Å². The summed E-state index contributed by atoms with van der Waals surface area (Å²) in [6.07, 6.45) is 4.35. The smallest absolute Gasteiger partial charge is 0.414 e. The van der Waals surface area contributed by atoms with Crippen LogP contribution in [0.4, 0.5) is 10.5 Å². The Morgan fingerprint density at radius 3 is 2.23 bits per heavy atom. The van der Waals surface area contributed by atoms with Crippen LogP contribution in [0.2, 0.25) is 10.0 Å². The number of hydrogen-bond donors (Lipinski definition) is 0. The fourth-order valence-corrected chi connectivity index (χ4v) is 6.90. The van der Waals surface area contributed by atoms with E-state index in [0.29, 0.717) is 44.2 Å². The maximum absolute atomic E-state index is 13.6. The molecule has 1 aromatic heterocycles. The van der Waals surface area contributed by atoms with E-state index in [1.165, 1.54) is 0 Å². The summed E-state index contributed by atoms with van der Waals surface area (Å²) in [5, 5.41) is 0.840. The first-order chi connectivity index (χ1) is 23.3. The average Bonchev–Trinajstić information content (AvgIpc) is 3.12. The minimum absolute atomic E-state index is 0.110. The van der Waals surface area contributed by atoms with E-state index in [9.17, 15) is 9.59 Å². The molecule has 3 aromatic carbocycles. The molecule has 0 saturated carbocycles. The molecule has 0 radical (unpaired) electrons. The number of aromatic amines is 1. The monoisotopic (exact) mass is 690 g/mol. The van der Waals surface area contributed by atoms with E-state index in [1.54, 1.807) is 55.8 Å². The summed E-state index contributed by atoms with van der Waals surface area (Å²) in [6, 6.07) is 21.8. The first-order valence-electron chi connectivity index (χ1n) is 15.9. The fourth-order valence-electron chi connectivity index (χ4n) is 6.37. The van der Waals surface area contributed by atoms with Crippen molar-refractivity contribution in [2.45, 2.75) is 38.0 Å². The van der Waals surface area contributed by atoms with Crippen molar-refractivity contribution in [1.82, 2.24) is 4.90 Å². The van der Waals surface area contributed by atoms with Crippen LogP contribution in [0.3, 0.4) is 0 Å². The lowest BCUT2D eigenvalue weighted by atomic mass is 9.86. The highest BCUT2D eigenvalue weighted by atomic mass is 35.5. The number of aromatic nitrogens is 1. The maximum atomic E-state index is 13.6. The molecule has 3 saturated heterocycles. The molecule has 0 spiro atoms. The lowest BCUT2D eigenvalue weighted by Gasteiger charge is -2.44. The van der Waals surface area contributed by atoms with Crippen molar-refractivity contribution < 1.29 is 33.5 Å². The summed E-state index contributed by atoms with van der Waals surface area (Å²) < 4.78 is 23.1. The van der Waals surface area contributed by atoms with Gasteiger partial charge in [0.05, 0.1) is 26.3 Å². The Hall–Kier alpha value is -4.31. The van der Waals surface area contributed by atoms with Crippen molar-refractivity contribution in [3.63, 3.8) is 0 Å². The van der Waals surface area contributed by atoms with Crippen LogP contribution in [-0.2, 0) is 22.4 Å². The molecule has 1 N–H and O–H groups in total. The van der Waals surface area contributed by atoms with Gasteiger partial charge in [-0.1, -0.05) is 59.6 Å². The van der Waals surface area contributed by atoms with Gasteiger partial charge in [-0.3, -0.25) is 9.80 Å². The van der Waals surface area contributed by atoms with E-state index in [2.05, 4.69) is 9.88 Å². The van der Waals surface area contributed by atoms with Gasteiger partial charge in [0.1, 0.15) is 22.3 Å². The Balaban J connectivity index is 1.20. The summed E-state index contributed by atoms with van der Waals surface area (Å²) in [4.78, 5) is 34.1. The molecule has 2 atom stereocenters. The summed E-state index contributed by atoms with van der Waals surface area (Å²) in [5.41, 5.74) is 3.23. The number of H-pyrrole nitrogens is 1. The fraction of sp³-hybridized carbons (Fsp3) is 0.324. The Labute approximate surface area is 290 Å². The molecule has 7 rings (SSSR count). The molecule has 11 heteroatoms. The molecule has 3 aliphatic rings. The van der Waals surface area contributed by atoms with Crippen LogP contribution in [0.5, 0.6) is 11.5 Å². The number of carbonyl (C=O) groups excluding carboxylic acids is 2. The van der Waals surface area contributed by atoms with Gasteiger partial charge in [-0.15, -0.1) is 0 Å². The van der Waals surface area contributed by atoms with Crippen LogP contribution in [-0.4, -0.2) is 56.9 Å². The first kappa shape index (κ1) is 33.6. The number of para-hydroxylation sites is 1. The number of halogens is 2. The van der Waals surface area contributed by atoms with E-state index in [1.807, 2.05) is 48.5 Å². The number of rotatable bonds is 11. The Kier molecular flexibility index (Phi) is 10.7. The summed E-state index contributed by atoms with van der Waals surface area (Å²) in [6.45, 7) is 3.19. The molecule has 1 amide bonds. The van der Waals surface area contributed by atoms with E-state index < -0.39 is 12.1 Å². The van der Waals surface area contributed by atoms with Crippen LogP contribution in [0, 0.1) is 5.92 Å². The minimum Gasteiger partial charge on any atom is -0.493 e. The highest BCUT2D eigenvalue weighted by Crippen LogP contribution is 2.36. The zero-order valence-corrected chi connectivity index (χ0v) is 28.4. The van der Waals surface area contributed by atoms with Gasteiger partial charge in [0.2, 0.25) is 0 Å². The first-order valence-corrected chi connectivity index (χ1v) is 16.7. The number of carbonyl (C=O) groups is 2. The molecule has 9 nitrogen and oxygen atoms in total. The van der Waals surface area contributed by atoms with Gasteiger partial charge < -0.3 is 18.9 Å². The standard InChI is InChI=1S/C37H37Cl2N3O6/c1-45-32-13-12-27(18-34(32)46-2)33(19-29-30(38)20-40-21-31(29)39)47-36(43)26-10-8-24(9-11-26)22-42(28-6-4-3-5-7-28)37(44)48-35-23-41-16-14-25(35)15-17-41/h3-13,18,20-21,25,33,35H,14-17,19,22-23H2,1-2H3/p+1/t33-,35-/m0/s1. The van der Waals surface area contributed by atoms with Crippen molar-refractivity contribution in [1.29, 1.82) is 0 Å². The third-order valence-electron chi connectivity index (χ3n) is 9.08. The third kappa shape index (κ3) is 7.70. The second kappa shape index (κ2) is 15.3. The van der Waals surface area contributed by atoms with Crippen molar-refractivity contribution in [2.24, 2.45) is 5.92 Å². The molecular weight excluding hydrogens is 653 g/mol. The molecule has 48 heavy (non-hydrogen) atoms. The number of benzene rings is 3. The molecule has 4 aromatic rings. The van der Waals surface area contributed by atoms with Gasteiger partial charge >= 0.3 is 12.1 Å². The predicted molar refractivity (Wildman–Crippen MR) is 183 cm³/mol. The van der Waals surface area contributed by atoms with Gasteiger partial charge in [0.25, 0.3) is 0 Å². The largest absolute Gasteiger partial charge is 0.493 e. The number of hydrogen-bond acceptors (Lipinski definition) is 7.